The molecule has 1 amide bonds. The first kappa shape index (κ1) is 18.8. The second kappa shape index (κ2) is 7.03. The summed E-state index contributed by atoms with van der Waals surface area (Å²) < 4.78 is 1.92. The number of aryl methyl sites for hydroxylation is 1. The maximum absolute atomic E-state index is 12.9. The lowest BCUT2D eigenvalue weighted by atomic mass is 10.1. The van der Waals surface area contributed by atoms with Gasteiger partial charge in [-0.15, -0.1) is 11.3 Å². The van der Waals surface area contributed by atoms with Gasteiger partial charge in [0.2, 0.25) is 0 Å². The van der Waals surface area contributed by atoms with E-state index in [-0.39, 0.29) is 5.91 Å². The van der Waals surface area contributed by atoms with Gasteiger partial charge in [0.15, 0.2) is 0 Å². The van der Waals surface area contributed by atoms with Crippen LogP contribution in [0.25, 0.3) is 15.9 Å². The highest BCUT2D eigenvalue weighted by molar-refractivity contribution is 7.20. The summed E-state index contributed by atoms with van der Waals surface area (Å²) in [6.45, 7) is 5.26. The van der Waals surface area contributed by atoms with Gasteiger partial charge in [0.05, 0.1) is 16.3 Å². The minimum atomic E-state index is -0.113. The van der Waals surface area contributed by atoms with Crippen molar-refractivity contribution in [1.29, 1.82) is 0 Å². The van der Waals surface area contributed by atoms with Gasteiger partial charge in [0.25, 0.3) is 5.91 Å². The van der Waals surface area contributed by atoms with Gasteiger partial charge in [-0.05, 0) is 63.2 Å². The Kier molecular flexibility index (Phi) is 4.26. The summed E-state index contributed by atoms with van der Waals surface area (Å²) in [7, 11) is 2.22. The predicted molar refractivity (Wildman–Crippen MR) is 124 cm³/mol. The molecule has 6 rings (SSSR count). The molecular formula is C23H24N6OS. The summed E-state index contributed by atoms with van der Waals surface area (Å²) in [5.41, 5.74) is 2.56. The number of aromatic nitrogens is 3. The van der Waals surface area contributed by atoms with E-state index in [1.165, 1.54) is 24.3 Å². The first-order chi connectivity index (χ1) is 15.0. The fourth-order valence-electron chi connectivity index (χ4n) is 4.94. The molecule has 2 aliphatic rings. The number of anilines is 2. The van der Waals surface area contributed by atoms with E-state index < -0.39 is 0 Å². The van der Waals surface area contributed by atoms with Gasteiger partial charge in [-0.2, -0.15) is 0 Å². The molecule has 0 saturated carbocycles. The number of rotatable bonds is 3. The average Bonchev–Trinajstić information content (AvgIpc) is 3.50. The smallest absolute Gasteiger partial charge is 0.265 e. The van der Waals surface area contributed by atoms with Crippen LogP contribution in [0.3, 0.4) is 0 Å². The molecule has 1 unspecified atom stereocenters. The summed E-state index contributed by atoms with van der Waals surface area (Å²) in [5.74, 6) is 1.65. The number of hydrogen-bond acceptors (Lipinski definition) is 6. The molecule has 0 spiro atoms. The standard InChI is InChI=1S/C23H24N6OS/c1-14-10-28-12-17(4-6-20(28)24-14)25-22(30)19-9-15-3-5-21(26-23(15)31-19)29-11-16-7-8-27(2)18(16)13-29/h3-6,9-10,12,16,18H,7-8,11,13H2,1-2H3,(H,25,30)/t16?,18-/m1/s1. The maximum atomic E-state index is 12.9. The molecule has 0 radical (unpaired) electrons. The topological polar surface area (TPSA) is 65.8 Å². The number of pyridine rings is 2. The first-order valence-electron chi connectivity index (χ1n) is 10.7. The zero-order chi connectivity index (χ0) is 21.1. The summed E-state index contributed by atoms with van der Waals surface area (Å²) in [4.78, 5) is 28.6. The van der Waals surface area contributed by atoms with Gasteiger partial charge in [0, 0.05) is 36.9 Å². The first-order valence-corrected chi connectivity index (χ1v) is 11.5. The van der Waals surface area contributed by atoms with E-state index in [1.807, 2.05) is 41.9 Å². The Hall–Kier alpha value is -2.97. The number of hydrogen-bond donors (Lipinski definition) is 1. The third-order valence-corrected chi connectivity index (χ3v) is 7.61. The molecule has 2 saturated heterocycles. The van der Waals surface area contributed by atoms with Crippen molar-refractivity contribution in [1.82, 2.24) is 19.3 Å². The highest BCUT2D eigenvalue weighted by Crippen LogP contribution is 2.34. The summed E-state index contributed by atoms with van der Waals surface area (Å²) in [6.07, 6.45) is 5.10. The van der Waals surface area contributed by atoms with Crippen LogP contribution in [-0.2, 0) is 0 Å². The molecule has 31 heavy (non-hydrogen) atoms. The number of likely N-dealkylation sites (tertiary alicyclic amines) is 1. The van der Waals surface area contributed by atoms with Crippen LogP contribution in [-0.4, -0.2) is 57.9 Å². The van der Waals surface area contributed by atoms with Crippen molar-refractivity contribution in [3.8, 4) is 0 Å². The second-order valence-electron chi connectivity index (χ2n) is 8.70. The molecule has 7 nitrogen and oxygen atoms in total. The van der Waals surface area contributed by atoms with Crippen LogP contribution in [0, 0.1) is 12.8 Å². The van der Waals surface area contributed by atoms with E-state index in [1.54, 1.807) is 0 Å². The number of imidazole rings is 1. The Balaban J connectivity index is 1.22. The average molecular weight is 433 g/mol. The van der Waals surface area contributed by atoms with Crippen LogP contribution in [0.2, 0.25) is 0 Å². The van der Waals surface area contributed by atoms with Crippen molar-refractivity contribution in [3.05, 3.63) is 53.3 Å². The number of nitrogens with zero attached hydrogens (tertiary/aromatic N) is 5. The van der Waals surface area contributed by atoms with Crippen LogP contribution in [0.5, 0.6) is 0 Å². The fraction of sp³-hybridized carbons (Fsp3) is 0.348. The summed E-state index contributed by atoms with van der Waals surface area (Å²) in [6, 6.07) is 10.5. The molecule has 1 N–H and O–H groups in total. The maximum Gasteiger partial charge on any atom is 0.265 e. The molecule has 6 heterocycles. The molecule has 0 aromatic carbocycles. The van der Waals surface area contributed by atoms with Crippen molar-refractivity contribution in [3.63, 3.8) is 0 Å². The van der Waals surface area contributed by atoms with E-state index in [0.29, 0.717) is 10.9 Å². The quantitative estimate of drug-likeness (QED) is 0.535. The fourth-order valence-corrected chi connectivity index (χ4v) is 5.86. The zero-order valence-corrected chi connectivity index (χ0v) is 18.4. The monoisotopic (exact) mass is 432 g/mol. The van der Waals surface area contributed by atoms with Crippen LogP contribution >= 0.6 is 11.3 Å². The van der Waals surface area contributed by atoms with E-state index in [2.05, 4.69) is 39.3 Å². The van der Waals surface area contributed by atoms with Crippen LogP contribution in [0.1, 0.15) is 21.8 Å². The Morgan fingerprint density at radius 3 is 2.94 bits per heavy atom. The van der Waals surface area contributed by atoms with Crippen LogP contribution < -0.4 is 10.2 Å². The molecular weight excluding hydrogens is 408 g/mol. The molecule has 2 fully saturated rings. The normalized spacial score (nSPS) is 21.3. The lowest BCUT2D eigenvalue weighted by Crippen LogP contribution is -2.32. The number of thiophene rings is 1. The molecule has 2 aliphatic heterocycles. The summed E-state index contributed by atoms with van der Waals surface area (Å²) in [5, 5.41) is 4.01. The Bertz CT molecular complexity index is 1310. The lowest BCUT2D eigenvalue weighted by molar-refractivity contribution is 0.103. The van der Waals surface area contributed by atoms with Crippen LogP contribution in [0.4, 0.5) is 11.5 Å². The molecule has 4 aromatic heterocycles. The van der Waals surface area contributed by atoms with Crippen LogP contribution in [0.15, 0.2) is 42.7 Å². The van der Waals surface area contributed by atoms with Crippen molar-refractivity contribution in [2.75, 3.05) is 36.9 Å². The van der Waals surface area contributed by atoms with Crippen molar-refractivity contribution in [2.45, 2.75) is 19.4 Å². The molecule has 0 aliphatic carbocycles. The van der Waals surface area contributed by atoms with E-state index in [9.17, 15) is 4.79 Å². The molecule has 2 atom stereocenters. The molecule has 4 aromatic rings. The number of likely N-dealkylation sites (N-methyl/N-ethyl adjacent to an activating group) is 1. The van der Waals surface area contributed by atoms with Gasteiger partial charge in [-0.25, -0.2) is 9.97 Å². The Morgan fingerprint density at radius 2 is 2.06 bits per heavy atom. The van der Waals surface area contributed by atoms with E-state index >= 15 is 0 Å². The molecule has 0 bridgehead atoms. The van der Waals surface area contributed by atoms with Gasteiger partial charge >= 0.3 is 0 Å². The summed E-state index contributed by atoms with van der Waals surface area (Å²) >= 11 is 1.45. The van der Waals surface area contributed by atoms with Gasteiger partial charge < -0.3 is 19.5 Å². The largest absolute Gasteiger partial charge is 0.355 e. The van der Waals surface area contributed by atoms with Gasteiger partial charge in [-0.1, -0.05) is 0 Å². The highest BCUT2D eigenvalue weighted by atomic mass is 32.1. The van der Waals surface area contributed by atoms with E-state index in [4.69, 9.17) is 4.98 Å². The molecule has 8 heteroatoms. The van der Waals surface area contributed by atoms with Gasteiger partial charge in [-0.3, -0.25) is 4.79 Å². The minimum absolute atomic E-state index is 0.113. The number of amides is 1. The van der Waals surface area contributed by atoms with Crippen molar-refractivity contribution in [2.24, 2.45) is 5.92 Å². The number of nitrogens with one attached hydrogen (secondary N) is 1. The second-order valence-corrected chi connectivity index (χ2v) is 9.73. The number of carbonyl (C=O) groups excluding carboxylic acids is 1. The molecule has 158 valence electrons. The predicted octanol–water partition coefficient (Wildman–Crippen LogP) is 3.65. The minimum Gasteiger partial charge on any atom is -0.355 e. The zero-order valence-electron chi connectivity index (χ0n) is 17.6. The number of fused-ring (bicyclic) bond motifs is 3. The van der Waals surface area contributed by atoms with Crippen molar-refractivity contribution >= 4 is 44.6 Å². The Labute approximate surface area is 184 Å². The Morgan fingerprint density at radius 1 is 1.16 bits per heavy atom. The lowest BCUT2D eigenvalue weighted by Gasteiger charge is -2.21. The van der Waals surface area contributed by atoms with Gasteiger partial charge in [0.1, 0.15) is 16.3 Å². The number of carbonyl (C=O) groups is 1. The van der Waals surface area contributed by atoms with Crippen molar-refractivity contribution < 1.29 is 4.79 Å². The van der Waals surface area contributed by atoms with E-state index in [0.717, 1.165) is 52.1 Å². The SMILES string of the molecule is Cc1cn2cc(NC(=O)c3cc4ccc(N5CC6CCN(C)[C@@H]6C5)nc4s3)ccc2n1. The third kappa shape index (κ3) is 3.26. The highest BCUT2D eigenvalue weighted by Gasteiger charge is 2.39. The third-order valence-electron chi connectivity index (χ3n) is 6.57.